The second-order valence-corrected chi connectivity index (χ2v) is 7.18. The molecule has 1 rings (SSSR count). The minimum absolute atomic E-state index is 0.243. The summed E-state index contributed by atoms with van der Waals surface area (Å²) in [6.07, 6.45) is 2.99. The number of hydrogen-bond acceptors (Lipinski definition) is 2. The molecule has 0 amide bonds. The summed E-state index contributed by atoms with van der Waals surface area (Å²) in [6, 6.07) is 9.19. The summed E-state index contributed by atoms with van der Waals surface area (Å²) in [7, 11) is -1.38. The Hall–Kier alpha value is -1.06. The maximum absolute atomic E-state index is 6.23. The molecule has 0 bridgehead atoms. The minimum Gasteiger partial charge on any atom is -0.543 e. The van der Waals surface area contributed by atoms with Crippen LogP contribution in [0.3, 0.4) is 0 Å². The van der Waals surface area contributed by atoms with E-state index in [0.29, 0.717) is 0 Å². The fourth-order valence-electron chi connectivity index (χ4n) is 1.96. The Morgan fingerprint density at radius 3 is 2.67 bits per heavy atom. The average Bonchev–Trinajstić information content (AvgIpc) is 2.39. The van der Waals surface area contributed by atoms with Gasteiger partial charge < -0.3 is 9.16 Å². The molecule has 0 saturated carbocycles. The molecule has 0 radical (unpaired) electrons. The molecule has 0 spiro atoms. The molecule has 0 fully saturated rings. The van der Waals surface area contributed by atoms with E-state index in [9.17, 15) is 0 Å². The van der Waals surface area contributed by atoms with E-state index in [0.717, 1.165) is 30.4 Å². The summed E-state index contributed by atoms with van der Waals surface area (Å²) in [5, 5.41) is 0. The van der Waals surface area contributed by atoms with Crippen molar-refractivity contribution in [3.05, 3.63) is 36.4 Å². The lowest BCUT2D eigenvalue weighted by molar-refractivity contribution is 0.118. The van der Waals surface area contributed by atoms with Crippen molar-refractivity contribution in [3.63, 3.8) is 0 Å². The van der Waals surface area contributed by atoms with E-state index in [-0.39, 0.29) is 5.73 Å². The van der Waals surface area contributed by atoms with Crippen LogP contribution in [0.25, 0.3) is 6.08 Å². The molecule has 2 nitrogen and oxygen atoms in total. The molecular weight excluding hydrogens is 240 g/mol. The first-order chi connectivity index (χ1) is 8.72. The molecule has 0 aliphatic carbocycles. The van der Waals surface area contributed by atoms with Gasteiger partial charge in [0.1, 0.15) is 5.75 Å². The van der Waals surface area contributed by atoms with Crippen molar-refractivity contribution >= 4 is 15.1 Å². The molecule has 1 aromatic rings. The normalized spacial score (nSPS) is 13.9. The summed E-state index contributed by atoms with van der Waals surface area (Å²) in [4.78, 5) is 0. The smallest absolute Gasteiger partial charge is 0.263 e. The van der Waals surface area contributed by atoms with Crippen molar-refractivity contribution in [1.29, 1.82) is 0 Å². The van der Waals surface area contributed by atoms with Crippen LogP contribution in [0.4, 0.5) is 0 Å². The standard InChI is InChI=1S/C15H24O2Si/c1-5-12-18(13(4)16-7-3)17-15-11-9-8-10-14(15)6-2/h6,8-11,13,18H,2,5,7,12H2,1,3-4H3. The van der Waals surface area contributed by atoms with Gasteiger partial charge in [0, 0.05) is 12.2 Å². The Morgan fingerprint density at radius 2 is 2.06 bits per heavy atom. The first-order valence-electron chi connectivity index (χ1n) is 6.72. The Labute approximate surface area is 112 Å². The van der Waals surface area contributed by atoms with E-state index in [2.05, 4.69) is 20.4 Å². The highest BCUT2D eigenvalue weighted by Gasteiger charge is 2.22. The molecule has 0 saturated heterocycles. The summed E-state index contributed by atoms with van der Waals surface area (Å²) in [6.45, 7) is 10.9. The first kappa shape index (κ1) is 15.0. The number of ether oxygens (including phenoxy) is 1. The highest BCUT2D eigenvalue weighted by molar-refractivity contribution is 6.54. The lowest BCUT2D eigenvalue weighted by Gasteiger charge is -2.24. The van der Waals surface area contributed by atoms with E-state index in [1.165, 1.54) is 0 Å². The molecule has 100 valence electrons. The number of benzene rings is 1. The predicted octanol–water partition coefficient (Wildman–Crippen LogP) is 3.81. The van der Waals surface area contributed by atoms with Gasteiger partial charge in [-0.3, -0.25) is 0 Å². The van der Waals surface area contributed by atoms with Crippen LogP contribution in [0, 0.1) is 0 Å². The average molecular weight is 264 g/mol. The Bertz CT molecular complexity index is 365. The topological polar surface area (TPSA) is 18.5 Å². The molecule has 3 heteroatoms. The van der Waals surface area contributed by atoms with Crippen LogP contribution in [0.2, 0.25) is 6.04 Å². The predicted molar refractivity (Wildman–Crippen MR) is 80.5 cm³/mol. The van der Waals surface area contributed by atoms with Crippen molar-refractivity contribution in [2.45, 2.75) is 39.0 Å². The quantitative estimate of drug-likeness (QED) is 0.665. The van der Waals surface area contributed by atoms with Crippen molar-refractivity contribution < 1.29 is 9.16 Å². The lowest BCUT2D eigenvalue weighted by Crippen LogP contribution is -2.37. The maximum atomic E-state index is 6.23. The van der Waals surface area contributed by atoms with E-state index in [4.69, 9.17) is 9.16 Å². The monoisotopic (exact) mass is 264 g/mol. The van der Waals surface area contributed by atoms with Crippen molar-refractivity contribution in [2.24, 2.45) is 0 Å². The van der Waals surface area contributed by atoms with Gasteiger partial charge in [-0.1, -0.05) is 44.2 Å². The van der Waals surface area contributed by atoms with Crippen LogP contribution >= 0.6 is 0 Å². The minimum atomic E-state index is -1.38. The molecule has 18 heavy (non-hydrogen) atoms. The zero-order valence-electron chi connectivity index (χ0n) is 11.7. The van der Waals surface area contributed by atoms with Crippen LogP contribution in [0.1, 0.15) is 32.8 Å². The van der Waals surface area contributed by atoms with E-state index < -0.39 is 9.04 Å². The number of para-hydroxylation sites is 1. The van der Waals surface area contributed by atoms with Crippen LogP contribution < -0.4 is 4.43 Å². The summed E-state index contributed by atoms with van der Waals surface area (Å²) in [5.41, 5.74) is 1.31. The van der Waals surface area contributed by atoms with Crippen LogP contribution in [0.15, 0.2) is 30.8 Å². The lowest BCUT2D eigenvalue weighted by atomic mass is 10.2. The largest absolute Gasteiger partial charge is 0.543 e. The van der Waals surface area contributed by atoms with E-state index in [1.54, 1.807) is 0 Å². The molecule has 0 aliphatic heterocycles. The Kier molecular flexibility index (Phi) is 6.76. The van der Waals surface area contributed by atoms with Crippen LogP contribution in [-0.2, 0) is 4.74 Å². The summed E-state index contributed by atoms with van der Waals surface area (Å²) >= 11 is 0. The highest BCUT2D eigenvalue weighted by atomic mass is 28.3. The second kappa shape index (κ2) is 8.11. The van der Waals surface area contributed by atoms with Gasteiger partial charge in [0.2, 0.25) is 0 Å². The van der Waals surface area contributed by atoms with Gasteiger partial charge in [-0.25, -0.2) is 0 Å². The van der Waals surface area contributed by atoms with Crippen molar-refractivity contribution in [3.8, 4) is 5.75 Å². The first-order valence-corrected chi connectivity index (χ1v) is 8.68. The summed E-state index contributed by atoms with van der Waals surface area (Å²) < 4.78 is 11.9. The second-order valence-electron chi connectivity index (χ2n) is 4.35. The molecule has 1 aromatic carbocycles. The highest BCUT2D eigenvalue weighted by Crippen LogP contribution is 2.22. The zero-order chi connectivity index (χ0) is 13.4. The van der Waals surface area contributed by atoms with E-state index >= 15 is 0 Å². The zero-order valence-corrected chi connectivity index (χ0v) is 12.8. The van der Waals surface area contributed by atoms with Gasteiger partial charge in [-0.05, 0) is 26.0 Å². The Morgan fingerprint density at radius 1 is 1.33 bits per heavy atom. The fraction of sp³-hybridized carbons (Fsp3) is 0.467. The molecule has 0 aromatic heterocycles. The SMILES string of the molecule is C=Cc1ccccc1O[SiH](CCC)C(C)OCC. The van der Waals surface area contributed by atoms with Gasteiger partial charge in [0.25, 0.3) is 9.04 Å². The Balaban J connectivity index is 2.78. The van der Waals surface area contributed by atoms with Crippen molar-refractivity contribution in [1.82, 2.24) is 0 Å². The molecule has 2 unspecified atom stereocenters. The van der Waals surface area contributed by atoms with Crippen LogP contribution in [-0.4, -0.2) is 21.4 Å². The third kappa shape index (κ3) is 4.31. The van der Waals surface area contributed by atoms with Gasteiger partial charge in [-0.2, -0.15) is 0 Å². The molecule has 0 heterocycles. The third-order valence-corrected chi connectivity index (χ3v) is 5.89. The van der Waals surface area contributed by atoms with Crippen LogP contribution in [0.5, 0.6) is 5.75 Å². The van der Waals surface area contributed by atoms with Gasteiger partial charge in [0.15, 0.2) is 0 Å². The van der Waals surface area contributed by atoms with Gasteiger partial charge in [0.05, 0.1) is 5.73 Å². The molecular formula is C15H24O2Si. The van der Waals surface area contributed by atoms with Crippen molar-refractivity contribution in [2.75, 3.05) is 6.61 Å². The summed E-state index contributed by atoms with van der Waals surface area (Å²) in [5.74, 6) is 0.948. The molecule has 0 aliphatic rings. The molecule has 0 N–H and O–H groups in total. The van der Waals surface area contributed by atoms with E-state index in [1.807, 2.05) is 37.3 Å². The molecule has 2 atom stereocenters. The van der Waals surface area contributed by atoms with Gasteiger partial charge >= 0.3 is 0 Å². The number of rotatable bonds is 8. The van der Waals surface area contributed by atoms with Gasteiger partial charge in [-0.15, -0.1) is 0 Å². The fourth-order valence-corrected chi connectivity index (χ4v) is 4.26. The number of hydrogen-bond donors (Lipinski definition) is 0. The maximum Gasteiger partial charge on any atom is 0.263 e. The third-order valence-electron chi connectivity index (χ3n) is 2.94.